The van der Waals surface area contributed by atoms with Crippen molar-refractivity contribution in [1.29, 1.82) is 0 Å². The number of alkyl halides is 6. The third kappa shape index (κ3) is 7.53. The van der Waals surface area contributed by atoms with Crippen LogP contribution in [-0.4, -0.2) is 32.2 Å². The molecule has 0 saturated heterocycles. The summed E-state index contributed by atoms with van der Waals surface area (Å²) in [4.78, 5) is 0. The number of rotatable bonds is 9. The van der Waals surface area contributed by atoms with Crippen molar-refractivity contribution < 1.29 is 45.0 Å². The van der Waals surface area contributed by atoms with Crippen molar-refractivity contribution in [2.45, 2.75) is 107 Å². The second-order valence-electron chi connectivity index (χ2n) is 14.0. The van der Waals surface area contributed by atoms with Crippen molar-refractivity contribution in [3.63, 3.8) is 0 Å². The smallest absolute Gasteiger partial charge is 0.416 e. The maximum absolute atomic E-state index is 13.9. The van der Waals surface area contributed by atoms with E-state index in [0.29, 0.717) is 44.4 Å². The van der Waals surface area contributed by atoms with Gasteiger partial charge in [0, 0.05) is 12.5 Å². The van der Waals surface area contributed by atoms with Gasteiger partial charge < -0.3 is 14.3 Å². The van der Waals surface area contributed by atoms with Crippen LogP contribution in [0.1, 0.15) is 93.6 Å². The zero-order valence-corrected chi connectivity index (χ0v) is 26.9. The summed E-state index contributed by atoms with van der Waals surface area (Å²) in [7, 11) is -2.02. The lowest BCUT2D eigenvalue weighted by molar-refractivity contribution is -0.151. The summed E-state index contributed by atoms with van der Waals surface area (Å²) in [5, 5.41) is 10.5. The molecule has 0 aliphatic heterocycles. The van der Waals surface area contributed by atoms with Gasteiger partial charge in [0.05, 0.1) is 23.3 Å². The number of aliphatic hydroxyl groups is 1. The first kappa shape index (κ1) is 34.9. The highest BCUT2D eigenvalue weighted by molar-refractivity contribution is 6.74. The Morgan fingerprint density at radius 2 is 1.50 bits per heavy atom. The minimum atomic E-state index is -5.03. The quantitative estimate of drug-likeness (QED) is 0.217. The van der Waals surface area contributed by atoms with Crippen LogP contribution >= 0.6 is 0 Å². The van der Waals surface area contributed by atoms with E-state index in [2.05, 4.69) is 33.9 Å². The molecule has 5 atom stereocenters. The summed E-state index contributed by atoms with van der Waals surface area (Å²) in [5.74, 6) is -0.578. The molecule has 4 rings (SSSR count). The second-order valence-corrected chi connectivity index (χ2v) is 18.8. The summed E-state index contributed by atoms with van der Waals surface area (Å²) in [6.45, 7) is 10.6. The largest absolute Gasteiger partial charge is 0.417 e. The third-order valence-corrected chi connectivity index (χ3v) is 14.7. The van der Waals surface area contributed by atoms with Crippen molar-refractivity contribution in [1.82, 2.24) is 0 Å². The van der Waals surface area contributed by atoms with Gasteiger partial charge in [0.25, 0.3) is 0 Å². The number of hydrogen-bond acceptors (Lipinski definition) is 3. The van der Waals surface area contributed by atoms with Gasteiger partial charge >= 0.3 is 12.4 Å². The monoisotopic (exact) mass is 648 g/mol. The maximum Gasteiger partial charge on any atom is 0.416 e. The first-order valence-electron chi connectivity index (χ1n) is 15.2. The molecule has 0 aromatic heterocycles. The molecule has 0 bridgehead atoms. The fraction of sp³-hybridized carbons (Fsp3) is 0.636. The lowest BCUT2D eigenvalue weighted by Gasteiger charge is -2.44. The van der Waals surface area contributed by atoms with Crippen molar-refractivity contribution in [2.24, 2.45) is 11.8 Å². The van der Waals surface area contributed by atoms with Crippen LogP contribution in [-0.2, 0) is 21.5 Å². The molecule has 0 amide bonds. The van der Waals surface area contributed by atoms with Gasteiger partial charge in [-0.3, -0.25) is 0 Å². The molecular formula is C33H43F7O3Si. The standard InChI is InChI=1S/C33H43F7O3Si/c1-30(2,3)44(4,5)42-20-21-8-11-24(15-21)31(14-6-7-28(31)22-9-12-27(34)13-10-22)43-29(19-41)23-16-25(32(35,36)37)18-26(17-23)33(38,39)40/h9-10,12-13,16-18,21,24,28-29,41H,6-8,11,14-15,19-20H2,1-5H3/t21?,24?,28?,29-,31?/m0/s1. The molecule has 2 aromatic rings. The lowest BCUT2D eigenvalue weighted by atomic mass is 9.74. The Labute approximate surface area is 256 Å². The van der Waals surface area contributed by atoms with Crippen LogP contribution in [0.5, 0.6) is 0 Å². The molecule has 0 spiro atoms. The molecule has 2 aliphatic carbocycles. The summed E-state index contributed by atoms with van der Waals surface area (Å²) >= 11 is 0. The molecule has 2 fully saturated rings. The van der Waals surface area contributed by atoms with E-state index >= 15 is 0 Å². The first-order valence-corrected chi connectivity index (χ1v) is 18.1. The van der Waals surface area contributed by atoms with Gasteiger partial charge in [-0.05, 0) is 110 Å². The number of hydrogen-bond donors (Lipinski definition) is 1. The predicted octanol–water partition coefficient (Wildman–Crippen LogP) is 10.1. The topological polar surface area (TPSA) is 38.7 Å². The Morgan fingerprint density at radius 3 is 2.02 bits per heavy atom. The van der Waals surface area contributed by atoms with Crippen molar-refractivity contribution in [3.05, 3.63) is 70.5 Å². The van der Waals surface area contributed by atoms with Gasteiger partial charge in [0.15, 0.2) is 8.32 Å². The molecule has 1 N–H and O–H groups in total. The third-order valence-electron chi connectivity index (χ3n) is 10.2. The Bertz CT molecular complexity index is 1240. The molecule has 11 heteroatoms. The van der Waals surface area contributed by atoms with E-state index in [4.69, 9.17) is 9.16 Å². The maximum atomic E-state index is 13.9. The van der Waals surface area contributed by atoms with E-state index in [-0.39, 0.29) is 34.4 Å². The number of ether oxygens (including phenoxy) is 1. The molecule has 44 heavy (non-hydrogen) atoms. The highest BCUT2D eigenvalue weighted by Crippen LogP contribution is 2.57. The van der Waals surface area contributed by atoms with Gasteiger partial charge in [-0.2, -0.15) is 26.3 Å². The van der Waals surface area contributed by atoms with Gasteiger partial charge in [0.1, 0.15) is 11.9 Å². The zero-order valence-electron chi connectivity index (χ0n) is 25.9. The van der Waals surface area contributed by atoms with Crippen LogP contribution in [0.15, 0.2) is 42.5 Å². The second kappa shape index (κ2) is 12.7. The van der Waals surface area contributed by atoms with Crippen LogP contribution in [0.25, 0.3) is 0 Å². The highest BCUT2D eigenvalue weighted by atomic mass is 28.4. The minimum Gasteiger partial charge on any atom is -0.417 e. The van der Waals surface area contributed by atoms with Crippen LogP contribution in [0.3, 0.4) is 0 Å². The molecule has 0 radical (unpaired) electrons. The predicted molar refractivity (Wildman–Crippen MR) is 157 cm³/mol. The van der Waals surface area contributed by atoms with Crippen molar-refractivity contribution in [2.75, 3.05) is 13.2 Å². The first-order chi connectivity index (χ1) is 20.3. The normalized spacial score (nSPS) is 25.9. The molecule has 2 aliphatic rings. The van der Waals surface area contributed by atoms with Gasteiger partial charge in [0.2, 0.25) is 0 Å². The zero-order chi connectivity index (χ0) is 32.7. The van der Waals surface area contributed by atoms with Crippen LogP contribution in [0.2, 0.25) is 18.1 Å². The SMILES string of the molecule is CC(C)(C)[Si](C)(C)OCC1CCC(C2(O[C@@H](CO)c3cc(C(F)(F)F)cc(C(F)(F)F)c3)CCCC2c2ccc(F)cc2)C1. The van der Waals surface area contributed by atoms with Crippen LogP contribution in [0, 0.1) is 17.7 Å². The van der Waals surface area contributed by atoms with E-state index in [1.807, 2.05) is 0 Å². The Hall–Kier alpha value is -1.95. The fourth-order valence-electron chi connectivity index (χ4n) is 6.72. The van der Waals surface area contributed by atoms with Gasteiger partial charge in [-0.15, -0.1) is 0 Å². The molecule has 2 aromatic carbocycles. The summed E-state index contributed by atoms with van der Waals surface area (Å²) in [5.41, 5.74) is -3.48. The van der Waals surface area contributed by atoms with Crippen molar-refractivity contribution >= 4 is 8.32 Å². The molecule has 4 unspecified atom stereocenters. The summed E-state index contributed by atoms with van der Waals surface area (Å²) < 4.78 is 109. The summed E-state index contributed by atoms with van der Waals surface area (Å²) in [6.07, 6.45) is -7.33. The Kier molecular flexibility index (Phi) is 10.1. The molecule has 2 saturated carbocycles. The van der Waals surface area contributed by atoms with Crippen LogP contribution < -0.4 is 0 Å². The highest BCUT2D eigenvalue weighted by Gasteiger charge is 2.53. The average molecular weight is 649 g/mol. The summed E-state index contributed by atoms with van der Waals surface area (Å²) in [6, 6.07) is 7.36. The van der Waals surface area contributed by atoms with E-state index in [1.54, 1.807) is 12.1 Å². The number of aliphatic hydroxyl groups excluding tert-OH is 1. The molecule has 3 nitrogen and oxygen atoms in total. The van der Waals surface area contributed by atoms with Crippen LogP contribution in [0.4, 0.5) is 30.7 Å². The molecule has 246 valence electrons. The van der Waals surface area contributed by atoms with Gasteiger partial charge in [-0.25, -0.2) is 4.39 Å². The van der Waals surface area contributed by atoms with E-state index in [0.717, 1.165) is 18.4 Å². The van der Waals surface area contributed by atoms with E-state index < -0.39 is 55.9 Å². The number of halogens is 7. The molecule has 0 heterocycles. The molecular weight excluding hydrogens is 605 g/mol. The van der Waals surface area contributed by atoms with Crippen molar-refractivity contribution in [3.8, 4) is 0 Å². The van der Waals surface area contributed by atoms with E-state index in [9.17, 15) is 35.8 Å². The average Bonchev–Trinajstić information content (AvgIpc) is 3.57. The fourth-order valence-corrected chi connectivity index (χ4v) is 7.81. The Morgan fingerprint density at radius 1 is 0.909 bits per heavy atom. The Balaban J connectivity index is 1.71. The number of benzene rings is 2. The minimum absolute atomic E-state index is 0.0308. The lowest BCUT2D eigenvalue weighted by Crippen LogP contribution is -2.44. The van der Waals surface area contributed by atoms with Gasteiger partial charge in [-0.1, -0.05) is 32.9 Å². The van der Waals surface area contributed by atoms with E-state index in [1.165, 1.54) is 12.1 Å².